The maximum absolute atomic E-state index is 13.8. The lowest BCUT2D eigenvalue weighted by Gasteiger charge is -2.29. The molecule has 5 rings (SSSR count). The van der Waals surface area contributed by atoms with E-state index in [4.69, 9.17) is 32.8 Å². The van der Waals surface area contributed by atoms with E-state index in [1.165, 1.54) is 4.90 Å². The van der Waals surface area contributed by atoms with Crippen molar-refractivity contribution in [3.63, 3.8) is 0 Å². The van der Waals surface area contributed by atoms with Crippen LogP contribution >= 0.6 is 23.2 Å². The zero-order chi connectivity index (χ0) is 23.1. The van der Waals surface area contributed by atoms with Gasteiger partial charge in [-0.25, -0.2) is 9.96 Å². The van der Waals surface area contributed by atoms with E-state index < -0.39 is 24.0 Å². The Labute approximate surface area is 201 Å². The Kier molecular flexibility index (Phi) is 5.74. The van der Waals surface area contributed by atoms with Crippen LogP contribution in [-0.2, 0) is 14.4 Å². The SMILES string of the molecule is CCOc1ccccc1N1C(=O)[C@H]2[C@@H](c3ccc(Cl)cc3Cl)N(c3ccccc3)O[C@H]2C1=O. The lowest BCUT2D eigenvalue weighted by atomic mass is 9.90. The Hall–Kier alpha value is -3.06. The summed E-state index contributed by atoms with van der Waals surface area (Å²) >= 11 is 12.7. The largest absolute Gasteiger partial charge is 0.492 e. The molecule has 0 aliphatic carbocycles. The highest BCUT2D eigenvalue weighted by molar-refractivity contribution is 6.35. The Balaban J connectivity index is 1.61. The van der Waals surface area contributed by atoms with Crippen LogP contribution in [0.5, 0.6) is 5.75 Å². The van der Waals surface area contributed by atoms with Gasteiger partial charge in [0.2, 0.25) is 5.91 Å². The number of fused-ring (bicyclic) bond motifs is 1. The van der Waals surface area contributed by atoms with Crippen LogP contribution in [0, 0.1) is 5.92 Å². The highest BCUT2D eigenvalue weighted by atomic mass is 35.5. The summed E-state index contributed by atoms with van der Waals surface area (Å²) in [6.07, 6.45) is -0.996. The summed E-state index contributed by atoms with van der Waals surface area (Å²) < 4.78 is 5.67. The molecular formula is C25H20Cl2N2O4. The van der Waals surface area contributed by atoms with Crippen LogP contribution in [0.1, 0.15) is 18.5 Å². The van der Waals surface area contributed by atoms with Crippen molar-refractivity contribution < 1.29 is 19.2 Å². The molecule has 3 atom stereocenters. The quantitative estimate of drug-likeness (QED) is 0.453. The summed E-state index contributed by atoms with van der Waals surface area (Å²) in [4.78, 5) is 34.6. The number of nitrogens with zero attached hydrogens (tertiary/aromatic N) is 2. The summed E-state index contributed by atoms with van der Waals surface area (Å²) in [6, 6.07) is 20.8. The van der Waals surface area contributed by atoms with Gasteiger partial charge >= 0.3 is 0 Å². The van der Waals surface area contributed by atoms with Crippen LogP contribution in [-0.4, -0.2) is 24.5 Å². The predicted molar refractivity (Wildman–Crippen MR) is 127 cm³/mol. The fourth-order valence-corrected chi connectivity index (χ4v) is 4.95. The van der Waals surface area contributed by atoms with Crippen molar-refractivity contribution >= 4 is 46.4 Å². The fraction of sp³-hybridized carbons (Fsp3) is 0.200. The van der Waals surface area contributed by atoms with Gasteiger partial charge in [0.1, 0.15) is 11.7 Å². The molecule has 8 heteroatoms. The molecule has 2 aliphatic rings. The van der Waals surface area contributed by atoms with Crippen molar-refractivity contribution in [2.75, 3.05) is 16.6 Å². The first-order valence-corrected chi connectivity index (χ1v) is 11.3. The Morgan fingerprint density at radius 3 is 2.39 bits per heavy atom. The molecule has 0 unspecified atom stereocenters. The number of ether oxygens (including phenoxy) is 1. The van der Waals surface area contributed by atoms with Crippen molar-refractivity contribution in [3.05, 3.63) is 88.4 Å². The zero-order valence-electron chi connectivity index (χ0n) is 17.7. The van der Waals surface area contributed by atoms with Crippen molar-refractivity contribution in [2.24, 2.45) is 5.92 Å². The Bertz CT molecular complexity index is 1220. The molecule has 2 fully saturated rings. The third kappa shape index (κ3) is 3.64. The molecule has 3 aromatic carbocycles. The van der Waals surface area contributed by atoms with Crippen LogP contribution < -0.4 is 14.7 Å². The van der Waals surface area contributed by atoms with Crippen LogP contribution in [0.4, 0.5) is 11.4 Å². The van der Waals surface area contributed by atoms with Crippen LogP contribution in [0.25, 0.3) is 0 Å². The van der Waals surface area contributed by atoms with Crippen molar-refractivity contribution in [3.8, 4) is 5.75 Å². The van der Waals surface area contributed by atoms with Gasteiger partial charge in [-0.05, 0) is 48.9 Å². The molecule has 0 radical (unpaired) electrons. The van der Waals surface area contributed by atoms with Crippen molar-refractivity contribution in [1.82, 2.24) is 0 Å². The highest BCUT2D eigenvalue weighted by Crippen LogP contribution is 2.50. The lowest BCUT2D eigenvalue weighted by molar-refractivity contribution is -0.126. The first-order valence-electron chi connectivity index (χ1n) is 10.6. The molecule has 168 valence electrons. The molecule has 2 saturated heterocycles. The number of anilines is 2. The molecule has 0 saturated carbocycles. The van der Waals surface area contributed by atoms with E-state index >= 15 is 0 Å². The second-order valence-corrected chi connectivity index (χ2v) is 8.58. The summed E-state index contributed by atoms with van der Waals surface area (Å²) in [5.41, 5.74) is 1.77. The third-order valence-electron chi connectivity index (χ3n) is 5.81. The number of amides is 2. The molecule has 6 nitrogen and oxygen atoms in total. The molecular weight excluding hydrogens is 463 g/mol. The smallest absolute Gasteiger partial charge is 0.266 e. The normalized spacial score (nSPS) is 22.1. The second kappa shape index (κ2) is 8.71. The first kappa shape index (κ1) is 21.8. The van der Waals surface area contributed by atoms with Crippen LogP contribution in [0.2, 0.25) is 10.0 Å². The van der Waals surface area contributed by atoms with Gasteiger partial charge in [-0.1, -0.05) is 59.6 Å². The van der Waals surface area contributed by atoms with E-state index in [0.29, 0.717) is 39.3 Å². The zero-order valence-corrected chi connectivity index (χ0v) is 19.2. The number of carbonyl (C=O) groups excluding carboxylic acids is 2. The van der Waals surface area contributed by atoms with Gasteiger partial charge in [0.05, 0.1) is 24.0 Å². The van der Waals surface area contributed by atoms with Gasteiger partial charge in [-0.3, -0.25) is 14.4 Å². The molecule has 3 aromatic rings. The molecule has 0 N–H and O–H groups in total. The van der Waals surface area contributed by atoms with E-state index in [1.54, 1.807) is 47.5 Å². The predicted octanol–water partition coefficient (Wildman–Crippen LogP) is 5.44. The number of hydrogen-bond acceptors (Lipinski definition) is 5. The topological polar surface area (TPSA) is 59.1 Å². The summed E-state index contributed by atoms with van der Waals surface area (Å²) in [6.45, 7) is 2.25. The van der Waals surface area contributed by atoms with Gasteiger partial charge in [0.25, 0.3) is 5.91 Å². The molecule has 0 spiro atoms. The van der Waals surface area contributed by atoms with Crippen molar-refractivity contribution in [2.45, 2.75) is 19.1 Å². The number of benzene rings is 3. The fourth-order valence-electron chi connectivity index (χ4n) is 4.43. The Morgan fingerprint density at radius 2 is 1.67 bits per heavy atom. The first-order chi connectivity index (χ1) is 16.0. The average Bonchev–Trinajstić information content (AvgIpc) is 3.31. The van der Waals surface area contributed by atoms with E-state index in [2.05, 4.69) is 0 Å². The lowest BCUT2D eigenvalue weighted by Crippen LogP contribution is -2.37. The van der Waals surface area contributed by atoms with Gasteiger partial charge in [-0.15, -0.1) is 0 Å². The highest BCUT2D eigenvalue weighted by Gasteiger charge is 2.61. The number of carbonyl (C=O) groups is 2. The Morgan fingerprint density at radius 1 is 0.939 bits per heavy atom. The van der Waals surface area contributed by atoms with Crippen LogP contribution in [0.3, 0.4) is 0 Å². The van der Waals surface area contributed by atoms with Gasteiger partial charge in [-0.2, -0.15) is 0 Å². The molecule has 0 bridgehead atoms. The van der Waals surface area contributed by atoms with E-state index in [9.17, 15) is 9.59 Å². The van der Waals surface area contributed by atoms with Gasteiger partial charge in [0.15, 0.2) is 6.10 Å². The summed E-state index contributed by atoms with van der Waals surface area (Å²) in [7, 11) is 0. The van der Waals surface area contributed by atoms with E-state index in [-0.39, 0.29) is 5.91 Å². The van der Waals surface area contributed by atoms with E-state index in [0.717, 1.165) is 0 Å². The number of para-hydroxylation sites is 3. The molecule has 2 amide bonds. The molecule has 0 aromatic heterocycles. The van der Waals surface area contributed by atoms with Gasteiger partial charge < -0.3 is 4.74 Å². The molecule has 33 heavy (non-hydrogen) atoms. The maximum atomic E-state index is 13.8. The van der Waals surface area contributed by atoms with E-state index in [1.807, 2.05) is 37.3 Å². The molecule has 2 heterocycles. The maximum Gasteiger partial charge on any atom is 0.266 e. The van der Waals surface area contributed by atoms with Gasteiger partial charge in [0, 0.05) is 10.0 Å². The number of hydrogen-bond donors (Lipinski definition) is 0. The number of halogens is 2. The monoisotopic (exact) mass is 482 g/mol. The summed E-state index contributed by atoms with van der Waals surface area (Å²) in [5.74, 6) is -1.15. The minimum Gasteiger partial charge on any atom is -0.492 e. The minimum atomic E-state index is -0.996. The standard InChI is InChI=1S/C25H20Cl2N2O4/c1-2-32-20-11-7-6-10-19(20)28-24(30)21-22(17-13-12-15(26)14-18(17)27)29(33-23(21)25(28)31)16-8-4-3-5-9-16/h3-14,21-23H,2H2,1H3/t21-,22+,23+/m0/s1. The number of hydroxylamine groups is 1. The van der Waals surface area contributed by atoms with Crippen LogP contribution in [0.15, 0.2) is 72.8 Å². The second-order valence-electron chi connectivity index (χ2n) is 7.74. The van der Waals surface area contributed by atoms with Crippen molar-refractivity contribution in [1.29, 1.82) is 0 Å². The third-order valence-corrected chi connectivity index (χ3v) is 6.38. The average molecular weight is 483 g/mol. The summed E-state index contributed by atoms with van der Waals surface area (Å²) in [5, 5.41) is 2.48. The number of imide groups is 1. The molecule has 2 aliphatic heterocycles. The minimum absolute atomic E-state index is 0.369. The number of rotatable bonds is 5.